The Morgan fingerprint density at radius 3 is 2.46 bits per heavy atom. The van der Waals surface area contributed by atoms with Crippen molar-refractivity contribution < 1.29 is 14.9 Å². The Hall–Kier alpha value is -2.04. The number of aromatic hydroxyl groups is 1. The minimum Gasteiger partial charge on any atom is -0.508 e. The first kappa shape index (κ1) is 18.3. The van der Waals surface area contributed by atoms with E-state index in [0.29, 0.717) is 0 Å². The average molecular weight is 329 g/mol. The topological polar surface area (TPSA) is 61.7 Å². The molecule has 0 heterocycles. The number of methoxy groups -OCH3 is 1. The first-order chi connectivity index (χ1) is 11.5. The maximum absolute atomic E-state index is 10.4. The van der Waals surface area contributed by atoms with Gasteiger partial charge in [-0.2, -0.15) is 0 Å². The molecule has 0 radical (unpaired) electrons. The van der Waals surface area contributed by atoms with E-state index in [1.54, 1.807) is 19.2 Å². The Kier molecular flexibility index (Phi) is 6.64. The maximum Gasteiger partial charge on any atom is 0.118 e. The molecule has 0 spiro atoms. The number of rotatable bonds is 8. The number of ether oxygens (including phenoxy) is 1. The molecule has 0 bridgehead atoms. The molecule has 3 N–H and O–H groups in total. The summed E-state index contributed by atoms with van der Waals surface area (Å²) in [6.45, 7) is 4.64. The number of nitrogens with one attached hydrogen (secondary N) is 1. The van der Waals surface area contributed by atoms with Crippen LogP contribution in [0.4, 0.5) is 0 Å². The zero-order valence-corrected chi connectivity index (χ0v) is 14.6. The van der Waals surface area contributed by atoms with Crippen LogP contribution in [0.2, 0.25) is 0 Å². The number of benzene rings is 2. The van der Waals surface area contributed by atoms with Gasteiger partial charge in [0.25, 0.3) is 0 Å². The van der Waals surface area contributed by atoms with E-state index < -0.39 is 6.10 Å². The van der Waals surface area contributed by atoms with Crippen molar-refractivity contribution in [2.24, 2.45) is 0 Å². The van der Waals surface area contributed by atoms with Gasteiger partial charge in [0.05, 0.1) is 13.2 Å². The fourth-order valence-corrected chi connectivity index (χ4v) is 2.68. The van der Waals surface area contributed by atoms with Crippen molar-refractivity contribution >= 4 is 0 Å². The first-order valence-electron chi connectivity index (χ1n) is 8.35. The molecule has 24 heavy (non-hydrogen) atoms. The summed E-state index contributed by atoms with van der Waals surface area (Å²) in [5, 5.41) is 23.4. The minimum atomic E-state index is -0.592. The molecule has 2 atom stereocenters. The lowest BCUT2D eigenvalue weighted by Crippen LogP contribution is -2.33. The molecule has 0 aliphatic rings. The molecule has 0 aliphatic carbocycles. The van der Waals surface area contributed by atoms with Crippen LogP contribution in [-0.4, -0.2) is 29.9 Å². The van der Waals surface area contributed by atoms with Crippen LogP contribution in [0.25, 0.3) is 0 Å². The summed E-state index contributed by atoms with van der Waals surface area (Å²) in [5.41, 5.74) is 2.87. The lowest BCUT2D eigenvalue weighted by atomic mass is 10.0. The van der Waals surface area contributed by atoms with E-state index in [9.17, 15) is 10.2 Å². The number of aliphatic hydroxyl groups is 1. The number of aryl methyl sites for hydroxylation is 2. The van der Waals surface area contributed by atoms with Gasteiger partial charge in [0.15, 0.2) is 0 Å². The lowest BCUT2D eigenvalue weighted by molar-refractivity contribution is 0.136. The van der Waals surface area contributed by atoms with E-state index in [0.717, 1.165) is 36.3 Å². The largest absolute Gasteiger partial charge is 0.508 e. The summed E-state index contributed by atoms with van der Waals surface area (Å²) < 4.78 is 5.15. The minimum absolute atomic E-state index is 0.0511. The molecule has 2 aromatic rings. The number of phenolic OH excluding ortho intramolecular Hbond substituents is 1. The van der Waals surface area contributed by atoms with Crippen molar-refractivity contribution in [1.29, 1.82) is 0 Å². The molecule has 0 aromatic heterocycles. The van der Waals surface area contributed by atoms with Crippen molar-refractivity contribution in [3.63, 3.8) is 0 Å². The fraction of sp³-hybridized carbons (Fsp3) is 0.400. The standard InChI is InChI=1S/C20H27NO3/c1-14-13-17(8-11-19(14)22)20(23)15(2)21-12-4-5-16-6-9-18(24-3)10-7-16/h6-11,13,15,20-23H,4-5,12H2,1-3H3. The van der Waals surface area contributed by atoms with Gasteiger partial charge in [0.1, 0.15) is 11.5 Å². The van der Waals surface area contributed by atoms with Gasteiger partial charge in [-0.3, -0.25) is 0 Å². The summed E-state index contributed by atoms with van der Waals surface area (Å²) in [4.78, 5) is 0. The van der Waals surface area contributed by atoms with Crippen molar-refractivity contribution in [2.75, 3.05) is 13.7 Å². The Morgan fingerprint density at radius 1 is 1.12 bits per heavy atom. The fourth-order valence-electron chi connectivity index (χ4n) is 2.68. The van der Waals surface area contributed by atoms with Crippen LogP contribution in [0, 0.1) is 6.92 Å². The Labute approximate surface area is 144 Å². The molecule has 4 nitrogen and oxygen atoms in total. The van der Waals surface area contributed by atoms with Gasteiger partial charge in [-0.1, -0.05) is 18.2 Å². The molecule has 2 unspecified atom stereocenters. The van der Waals surface area contributed by atoms with E-state index in [1.807, 2.05) is 32.0 Å². The second kappa shape index (κ2) is 8.71. The highest BCUT2D eigenvalue weighted by atomic mass is 16.5. The van der Waals surface area contributed by atoms with E-state index in [4.69, 9.17) is 4.74 Å². The highest BCUT2D eigenvalue weighted by molar-refractivity contribution is 5.36. The molecular formula is C20H27NO3. The normalized spacial score (nSPS) is 13.5. The van der Waals surface area contributed by atoms with Gasteiger partial charge < -0.3 is 20.3 Å². The Morgan fingerprint density at radius 2 is 1.83 bits per heavy atom. The lowest BCUT2D eigenvalue weighted by Gasteiger charge is -2.21. The van der Waals surface area contributed by atoms with Crippen LogP contribution in [0.15, 0.2) is 42.5 Å². The van der Waals surface area contributed by atoms with E-state index >= 15 is 0 Å². The van der Waals surface area contributed by atoms with Crippen LogP contribution in [0.3, 0.4) is 0 Å². The van der Waals surface area contributed by atoms with Crippen molar-refractivity contribution in [2.45, 2.75) is 38.8 Å². The third-order valence-electron chi connectivity index (χ3n) is 4.30. The summed E-state index contributed by atoms with van der Waals surface area (Å²) in [5.74, 6) is 1.13. The van der Waals surface area contributed by atoms with Crippen LogP contribution >= 0.6 is 0 Å². The molecular weight excluding hydrogens is 302 g/mol. The average Bonchev–Trinajstić information content (AvgIpc) is 2.60. The molecule has 0 fully saturated rings. The molecule has 0 amide bonds. The van der Waals surface area contributed by atoms with Crippen molar-refractivity contribution in [3.8, 4) is 11.5 Å². The predicted octanol–water partition coefficient (Wildman–Crippen LogP) is 3.35. The number of hydrogen-bond acceptors (Lipinski definition) is 4. The van der Waals surface area contributed by atoms with E-state index in [-0.39, 0.29) is 11.8 Å². The molecule has 0 aliphatic heterocycles. The number of aliphatic hydroxyl groups excluding tert-OH is 1. The Balaban J connectivity index is 1.77. The molecule has 2 rings (SSSR count). The maximum atomic E-state index is 10.4. The van der Waals surface area contributed by atoms with Gasteiger partial charge in [0, 0.05) is 6.04 Å². The predicted molar refractivity (Wildman–Crippen MR) is 96.6 cm³/mol. The summed E-state index contributed by atoms with van der Waals surface area (Å²) in [6.07, 6.45) is 1.39. The zero-order valence-electron chi connectivity index (χ0n) is 14.6. The molecule has 4 heteroatoms. The monoisotopic (exact) mass is 329 g/mol. The van der Waals surface area contributed by atoms with Gasteiger partial charge >= 0.3 is 0 Å². The van der Waals surface area contributed by atoms with Crippen LogP contribution in [-0.2, 0) is 6.42 Å². The molecule has 0 saturated carbocycles. The molecule has 130 valence electrons. The quantitative estimate of drug-likeness (QED) is 0.650. The zero-order chi connectivity index (χ0) is 17.5. The number of phenols is 1. The van der Waals surface area contributed by atoms with Gasteiger partial charge in [0.2, 0.25) is 0 Å². The first-order valence-corrected chi connectivity index (χ1v) is 8.35. The van der Waals surface area contributed by atoms with Crippen molar-refractivity contribution in [3.05, 3.63) is 59.2 Å². The van der Waals surface area contributed by atoms with Crippen LogP contribution < -0.4 is 10.1 Å². The highest BCUT2D eigenvalue weighted by Gasteiger charge is 2.16. The Bertz CT molecular complexity index is 640. The smallest absolute Gasteiger partial charge is 0.118 e. The van der Waals surface area contributed by atoms with Gasteiger partial charge in [-0.15, -0.1) is 0 Å². The van der Waals surface area contributed by atoms with Gasteiger partial charge in [-0.25, -0.2) is 0 Å². The second-order valence-corrected chi connectivity index (χ2v) is 6.19. The summed E-state index contributed by atoms with van der Waals surface area (Å²) in [6, 6.07) is 13.3. The third-order valence-corrected chi connectivity index (χ3v) is 4.30. The highest BCUT2D eigenvalue weighted by Crippen LogP contribution is 2.23. The second-order valence-electron chi connectivity index (χ2n) is 6.19. The summed E-state index contributed by atoms with van der Waals surface area (Å²) in [7, 11) is 1.67. The van der Waals surface area contributed by atoms with Crippen molar-refractivity contribution in [1.82, 2.24) is 5.32 Å². The summed E-state index contributed by atoms with van der Waals surface area (Å²) >= 11 is 0. The number of hydrogen-bond donors (Lipinski definition) is 3. The molecule has 2 aromatic carbocycles. The van der Waals surface area contributed by atoms with Crippen LogP contribution in [0.1, 0.15) is 36.1 Å². The van der Waals surface area contributed by atoms with Crippen LogP contribution in [0.5, 0.6) is 11.5 Å². The third kappa shape index (κ3) is 4.98. The molecule has 0 saturated heterocycles. The SMILES string of the molecule is COc1ccc(CCCNC(C)C(O)c2ccc(O)c(C)c2)cc1. The van der Waals surface area contributed by atoms with Gasteiger partial charge in [-0.05, 0) is 74.2 Å². The van der Waals surface area contributed by atoms with E-state index in [1.165, 1.54) is 5.56 Å². The van der Waals surface area contributed by atoms with E-state index in [2.05, 4.69) is 17.4 Å².